The summed E-state index contributed by atoms with van der Waals surface area (Å²) in [5, 5.41) is 0. The molecule has 2 aromatic heterocycles. The monoisotopic (exact) mass is 468 g/mol. The molecule has 0 radical (unpaired) electrons. The predicted octanol–water partition coefficient (Wildman–Crippen LogP) is 6.32. The Labute approximate surface area is 201 Å². The summed E-state index contributed by atoms with van der Waals surface area (Å²) in [6.07, 6.45) is 6.35. The SMILES string of the molecule is CC.CCc1cnc(N2CCC(COc3c(F)cc(-c4ccc(C)nc4C)cc3F)CC2)nc1. The van der Waals surface area contributed by atoms with Crippen LogP contribution < -0.4 is 9.64 Å². The molecule has 4 rings (SSSR count). The fourth-order valence-corrected chi connectivity index (χ4v) is 4.04. The van der Waals surface area contributed by atoms with Gasteiger partial charge < -0.3 is 9.64 Å². The Hall–Kier alpha value is -3.09. The first-order valence-electron chi connectivity index (χ1n) is 12.1. The van der Waals surface area contributed by atoms with Gasteiger partial charge in [-0.1, -0.05) is 26.8 Å². The van der Waals surface area contributed by atoms with Gasteiger partial charge in [0.25, 0.3) is 0 Å². The van der Waals surface area contributed by atoms with Crippen LogP contribution in [0.5, 0.6) is 5.75 Å². The third-order valence-corrected chi connectivity index (χ3v) is 6.00. The van der Waals surface area contributed by atoms with Crippen molar-refractivity contribution < 1.29 is 13.5 Å². The molecule has 0 bridgehead atoms. The highest BCUT2D eigenvalue weighted by atomic mass is 19.1. The van der Waals surface area contributed by atoms with Crippen LogP contribution in [0, 0.1) is 31.4 Å². The molecule has 34 heavy (non-hydrogen) atoms. The zero-order valence-electron chi connectivity index (χ0n) is 20.7. The summed E-state index contributed by atoms with van der Waals surface area (Å²) in [7, 11) is 0. The number of benzene rings is 1. The molecule has 1 aliphatic rings. The van der Waals surface area contributed by atoms with Gasteiger partial charge in [0.2, 0.25) is 5.95 Å². The smallest absolute Gasteiger partial charge is 0.225 e. The second-order valence-corrected chi connectivity index (χ2v) is 8.34. The number of hydrogen-bond donors (Lipinski definition) is 0. The maximum Gasteiger partial charge on any atom is 0.225 e. The summed E-state index contributed by atoms with van der Waals surface area (Å²) in [4.78, 5) is 15.4. The second kappa shape index (κ2) is 11.9. The van der Waals surface area contributed by atoms with E-state index >= 15 is 0 Å². The van der Waals surface area contributed by atoms with Crippen LogP contribution in [0.3, 0.4) is 0 Å². The number of aromatic nitrogens is 3. The van der Waals surface area contributed by atoms with Crippen molar-refractivity contribution in [3.8, 4) is 16.9 Å². The average Bonchev–Trinajstić information content (AvgIpc) is 2.85. The van der Waals surface area contributed by atoms with Crippen LogP contribution in [0.25, 0.3) is 11.1 Å². The van der Waals surface area contributed by atoms with Gasteiger partial charge >= 0.3 is 0 Å². The van der Waals surface area contributed by atoms with Gasteiger partial charge in [-0.2, -0.15) is 0 Å². The number of piperidine rings is 1. The molecule has 0 atom stereocenters. The first-order valence-corrected chi connectivity index (χ1v) is 12.1. The fraction of sp³-hybridized carbons (Fsp3) is 0.444. The normalized spacial score (nSPS) is 13.9. The van der Waals surface area contributed by atoms with E-state index in [1.807, 2.05) is 52.2 Å². The number of nitrogens with zero attached hydrogens (tertiary/aromatic N) is 4. The van der Waals surface area contributed by atoms with Crippen molar-refractivity contribution in [2.45, 2.75) is 53.9 Å². The minimum atomic E-state index is -0.693. The lowest BCUT2D eigenvalue weighted by molar-refractivity contribution is 0.207. The Balaban J connectivity index is 0.00000158. The van der Waals surface area contributed by atoms with Gasteiger partial charge in [0.15, 0.2) is 17.4 Å². The summed E-state index contributed by atoms with van der Waals surface area (Å²) >= 11 is 0. The molecular weight excluding hydrogens is 434 g/mol. The van der Waals surface area contributed by atoms with Crippen molar-refractivity contribution in [3.63, 3.8) is 0 Å². The number of aryl methyl sites for hydroxylation is 3. The minimum absolute atomic E-state index is 0.225. The van der Waals surface area contributed by atoms with E-state index in [9.17, 15) is 8.78 Å². The standard InChI is InChI=1S/C25H28F2N4O.C2H6/c1-4-18-13-28-25(29-14-18)31-9-7-19(8-10-31)15-32-24-22(26)11-20(12-23(24)27)21-6-5-16(2)30-17(21)3;1-2/h5-6,11-14,19H,4,7-10,15H2,1-3H3;1-2H3. The Morgan fingerprint density at radius 1 is 1.00 bits per heavy atom. The fourth-order valence-electron chi connectivity index (χ4n) is 4.04. The molecule has 1 aliphatic heterocycles. The van der Waals surface area contributed by atoms with Crippen LogP contribution in [-0.4, -0.2) is 34.6 Å². The highest BCUT2D eigenvalue weighted by molar-refractivity contribution is 5.67. The molecular formula is C27H34F2N4O. The largest absolute Gasteiger partial charge is 0.487 e. The molecule has 3 heterocycles. The lowest BCUT2D eigenvalue weighted by atomic mass is 9.98. The van der Waals surface area contributed by atoms with Crippen molar-refractivity contribution in [1.29, 1.82) is 0 Å². The number of ether oxygens (including phenoxy) is 1. The lowest BCUT2D eigenvalue weighted by Crippen LogP contribution is -2.36. The van der Waals surface area contributed by atoms with Gasteiger partial charge in [-0.25, -0.2) is 18.7 Å². The molecule has 5 nitrogen and oxygen atoms in total. The van der Waals surface area contributed by atoms with Gasteiger partial charge in [0.05, 0.1) is 6.61 Å². The van der Waals surface area contributed by atoms with Crippen molar-refractivity contribution in [3.05, 3.63) is 65.2 Å². The van der Waals surface area contributed by atoms with E-state index in [2.05, 4.69) is 26.8 Å². The summed E-state index contributed by atoms with van der Waals surface area (Å²) in [6, 6.07) is 6.30. The Morgan fingerprint density at radius 3 is 2.18 bits per heavy atom. The lowest BCUT2D eigenvalue weighted by Gasteiger charge is -2.31. The van der Waals surface area contributed by atoms with E-state index in [0.717, 1.165) is 55.3 Å². The van der Waals surface area contributed by atoms with Crippen LogP contribution >= 0.6 is 0 Å². The van der Waals surface area contributed by atoms with Crippen molar-refractivity contribution in [1.82, 2.24) is 15.0 Å². The molecule has 1 aromatic carbocycles. The quantitative estimate of drug-likeness (QED) is 0.424. The molecule has 1 saturated heterocycles. The number of pyridine rings is 1. The zero-order chi connectivity index (χ0) is 24.7. The van der Waals surface area contributed by atoms with Crippen molar-refractivity contribution in [2.24, 2.45) is 5.92 Å². The highest BCUT2D eigenvalue weighted by Gasteiger charge is 2.23. The Morgan fingerprint density at radius 2 is 1.62 bits per heavy atom. The van der Waals surface area contributed by atoms with E-state index in [1.165, 1.54) is 12.1 Å². The maximum absolute atomic E-state index is 14.7. The van der Waals surface area contributed by atoms with Crippen LogP contribution in [0.4, 0.5) is 14.7 Å². The molecule has 7 heteroatoms. The van der Waals surface area contributed by atoms with Crippen LogP contribution in [0.1, 0.15) is 50.6 Å². The molecule has 0 spiro atoms. The Kier molecular flexibility index (Phi) is 8.91. The molecule has 0 unspecified atom stereocenters. The molecule has 0 aliphatic carbocycles. The van der Waals surface area contributed by atoms with Crippen molar-refractivity contribution in [2.75, 3.05) is 24.6 Å². The van der Waals surface area contributed by atoms with Gasteiger partial charge in [-0.3, -0.25) is 4.98 Å². The van der Waals surface area contributed by atoms with E-state index in [0.29, 0.717) is 11.1 Å². The van der Waals surface area contributed by atoms with Crippen LogP contribution in [0.2, 0.25) is 0 Å². The minimum Gasteiger partial charge on any atom is -0.487 e. The van der Waals surface area contributed by atoms with Gasteiger partial charge in [0.1, 0.15) is 0 Å². The van der Waals surface area contributed by atoms with Crippen LogP contribution in [0.15, 0.2) is 36.7 Å². The van der Waals surface area contributed by atoms with Crippen LogP contribution in [-0.2, 0) is 6.42 Å². The van der Waals surface area contributed by atoms with Gasteiger partial charge in [0, 0.05) is 42.4 Å². The highest BCUT2D eigenvalue weighted by Crippen LogP contribution is 2.31. The van der Waals surface area contributed by atoms with E-state index in [-0.39, 0.29) is 18.3 Å². The first kappa shape index (κ1) is 25.5. The third-order valence-electron chi connectivity index (χ3n) is 6.00. The number of hydrogen-bond acceptors (Lipinski definition) is 5. The second-order valence-electron chi connectivity index (χ2n) is 8.34. The number of anilines is 1. The topological polar surface area (TPSA) is 51.1 Å². The maximum atomic E-state index is 14.7. The summed E-state index contributed by atoms with van der Waals surface area (Å²) in [5.41, 5.74) is 3.88. The zero-order valence-corrected chi connectivity index (χ0v) is 20.7. The summed E-state index contributed by atoms with van der Waals surface area (Å²) in [5.74, 6) is -0.741. The van der Waals surface area contributed by atoms with Gasteiger partial charge in [-0.15, -0.1) is 0 Å². The molecule has 3 aromatic rings. The molecule has 0 amide bonds. The molecule has 0 N–H and O–H groups in total. The average molecular weight is 469 g/mol. The van der Waals surface area contributed by atoms with Gasteiger partial charge in [-0.05, 0) is 68.4 Å². The number of halogens is 2. The van der Waals surface area contributed by atoms with E-state index < -0.39 is 11.6 Å². The Bertz CT molecular complexity index is 1060. The summed E-state index contributed by atoms with van der Waals surface area (Å²) < 4.78 is 35.0. The predicted molar refractivity (Wildman–Crippen MR) is 132 cm³/mol. The number of rotatable bonds is 6. The summed E-state index contributed by atoms with van der Waals surface area (Å²) in [6.45, 7) is 11.7. The third kappa shape index (κ3) is 6.07. The van der Waals surface area contributed by atoms with E-state index in [4.69, 9.17) is 4.74 Å². The van der Waals surface area contributed by atoms with Crippen molar-refractivity contribution >= 4 is 5.95 Å². The molecule has 182 valence electrons. The molecule has 0 saturated carbocycles. The van der Waals surface area contributed by atoms with E-state index in [1.54, 1.807) is 0 Å². The molecule has 1 fully saturated rings. The first-order chi connectivity index (χ1) is 16.4.